The number of carbonyl (C=O) groups is 2. The van der Waals surface area contributed by atoms with E-state index in [1.807, 2.05) is 0 Å². The van der Waals surface area contributed by atoms with Crippen LogP contribution < -0.4 is 10.9 Å². The minimum absolute atomic E-state index is 0.0328. The van der Waals surface area contributed by atoms with E-state index in [1.165, 1.54) is 30.8 Å². The Bertz CT molecular complexity index is 550. The Morgan fingerprint density at radius 1 is 1.22 bits per heavy atom. The molecule has 0 bridgehead atoms. The zero-order valence-electron chi connectivity index (χ0n) is 11.3. The fourth-order valence-electron chi connectivity index (χ4n) is 1.56. The zero-order chi connectivity index (χ0) is 14.1. The first-order chi connectivity index (χ1) is 8.20. The number of carbonyl (C=O) groups excluding carboxylic acids is 2. The van der Waals surface area contributed by atoms with Gasteiger partial charge in [-0.15, -0.1) is 0 Å². The number of pyridine rings is 1. The molecule has 0 aliphatic carbocycles. The van der Waals surface area contributed by atoms with E-state index in [9.17, 15) is 14.4 Å². The summed E-state index contributed by atoms with van der Waals surface area (Å²) in [6, 6.07) is 2.90. The Morgan fingerprint density at radius 3 is 2.22 bits per heavy atom. The summed E-state index contributed by atoms with van der Waals surface area (Å²) >= 11 is 0. The molecule has 1 N–H and O–H groups in total. The quantitative estimate of drug-likeness (QED) is 0.795. The van der Waals surface area contributed by atoms with Crippen LogP contribution in [0.4, 0.5) is 0 Å². The van der Waals surface area contributed by atoms with Crippen molar-refractivity contribution in [1.82, 2.24) is 9.88 Å². The molecule has 0 atom stereocenters. The number of aromatic nitrogens is 1. The number of nitrogens with zero attached hydrogens (tertiary/aromatic N) is 1. The summed E-state index contributed by atoms with van der Waals surface area (Å²) in [5.41, 5.74) is -0.700. The molecule has 98 valence electrons. The van der Waals surface area contributed by atoms with Crippen LogP contribution in [0.1, 0.15) is 41.6 Å². The summed E-state index contributed by atoms with van der Waals surface area (Å²) in [5, 5.41) is 2.39. The van der Waals surface area contributed by atoms with Crippen molar-refractivity contribution in [2.75, 3.05) is 7.05 Å². The van der Waals surface area contributed by atoms with Gasteiger partial charge in [-0.2, -0.15) is 0 Å². The largest absolute Gasteiger partial charge is 0.355 e. The lowest BCUT2D eigenvalue weighted by atomic mass is 9.88. The molecule has 0 unspecified atom stereocenters. The van der Waals surface area contributed by atoms with Crippen LogP contribution in [0, 0.1) is 5.41 Å². The number of hydrogen-bond acceptors (Lipinski definition) is 3. The SMILES string of the molecule is CNC(=O)c1ccc(C(=O)C(C)(C)C)n(C)c1=O. The van der Waals surface area contributed by atoms with Crippen molar-refractivity contribution in [1.29, 1.82) is 0 Å². The standard InChI is InChI=1S/C13H18N2O3/c1-13(2,3)10(16)9-7-6-8(11(17)14-4)12(18)15(9)5/h6-7H,1-5H3,(H,14,17). The van der Waals surface area contributed by atoms with Gasteiger partial charge in [0, 0.05) is 19.5 Å². The Morgan fingerprint density at radius 2 is 1.78 bits per heavy atom. The number of nitrogens with one attached hydrogen (secondary N) is 1. The number of rotatable bonds is 2. The molecule has 0 fully saturated rings. The van der Waals surface area contributed by atoms with Gasteiger partial charge in [0.2, 0.25) is 0 Å². The normalized spacial score (nSPS) is 11.2. The monoisotopic (exact) mass is 250 g/mol. The maximum absolute atomic E-state index is 12.1. The van der Waals surface area contributed by atoms with Crippen LogP contribution in [0.25, 0.3) is 0 Å². The summed E-state index contributed by atoms with van der Waals surface area (Å²) in [5.74, 6) is -0.587. The molecule has 1 rings (SSSR count). The molecule has 0 radical (unpaired) electrons. The molecular weight excluding hydrogens is 232 g/mol. The van der Waals surface area contributed by atoms with Crippen LogP contribution in [0.3, 0.4) is 0 Å². The van der Waals surface area contributed by atoms with Crippen molar-refractivity contribution in [2.45, 2.75) is 20.8 Å². The molecule has 0 saturated carbocycles. The van der Waals surface area contributed by atoms with Gasteiger partial charge in [0.1, 0.15) is 5.56 Å². The lowest BCUT2D eigenvalue weighted by molar-refractivity contribution is 0.0846. The lowest BCUT2D eigenvalue weighted by Gasteiger charge is -2.18. The fraction of sp³-hybridized carbons (Fsp3) is 0.462. The summed E-state index contributed by atoms with van der Waals surface area (Å²) < 4.78 is 1.22. The summed E-state index contributed by atoms with van der Waals surface area (Å²) in [6.45, 7) is 5.35. The topological polar surface area (TPSA) is 68.2 Å². The molecule has 18 heavy (non-hydrogen) atoms. The van der Waals surface area contributed by atoms with Crippen molar-refractivity contribution in [3.05, 3.63) is 33.7 Å². The fourth-order valence-corrected chi connectivity index (χ4v) is 1.56. The van der Waals surface area contributed by atoms with Gasteiger partial charge in [-0.3, -0.25) is 14.4 Å². The van der Waals surface area contributed by atoms with Gasteiger partial charge in [0.15, 0.2) is 5.78 Å². The van der Waals surface area contributed by atoms with Gasteiger partial charge < -0.3 is 9.88 Å². The molecular formula is C13H18N2O3. The first kappa shape index (κ1) is 14.2. The number of amides is 1. The maximum Gasteiger partial charge on any atom is 0.263 e. The van der Waals surface area contributed by atoms with Gasteiger partial charge in [-0.05, 0) is 12.1 Å². The molecule has 1 aromatic heterocycles. The van der Waals surface area contributed by atoms with Crippen LogP contribution in [0.15, 0.2) is 16.9 Å². The predicted molar refractivity (Wildman–Crippen MR) is 68.9 cm³/mol. The van der Waals surface area contributed by atoms with E-state index in [4.69, 9.17) is 0 Å². The Hall–Kier alpha value is -1.91. The van der Waals surface area contributed by atoms with E-state index in [2.05, 4.69) is 5.32 Å². The number of hydrogen-bond donors (Lipinski definition) is 1. The molecule has 0 saturated heterocycles. The van der Waals surface area contributed by atoms with Crippen LogP contribution in [-0.4, -0.2) is 23.3 Å². The van der Waals surface area contributed by atoms with E-state index >= 15 is 0 Å². The van der Waals surface area contributed by atoms with Crippen LogP contribution in [0.5, 0.6) is 0 Å². The Labute approximate surface area is 106 Å². The molecule has 5 heteroatoms. The van der Waals surface area contributed by atoms with Crippen LogP contribution >= 0.6 is 0 Å². The maximum atomic E-state index is 12.1. The van der Waals surface area contributed by atoms with Gasteiger partial charge >= 0.3 is 0 Å². The highest BCUT2D eigenvalue weighted by atomic mass is 16.2. The summed E-state index contributed by atoms with van der Waals surface area (Å²) in [6.07, 6.45) is 0. The third kappa shape index (κ3) is 2.50. The molecule has 5 nitrogen and oxygen atoms in total. The Balaban J connectivity index is 3.38. The second kappa shape index (κ2) is 4.76. The highest BCUT2D eigenvalue weighted by Gasteiger charge is 2.26. The van der Waals surface area contributed by atoms with Crippen molar-refractivity contribution in [3.63, 3.8) is 0 Å². The number of Topliss-reactive ketones (excluding diaryl/α,β-unsaturated/α-hetero) is 1. The van der Waals surface area contributed by atoms with Gasteiger partial charge in [0.25, 0.3) is 11.5 Å². The van der Waals surface area contributed by atoms with Crippen molar-refractivity contribution >= 4 is 11.7 Å². The lowest BCUT2D eigenvalue weighted by Crippen LogP contribution is -2.34. The van der Waals surface area contributed by atoms with E-state index in [0.717, 1.165) is 0 Å². The first-order valence-corrected chi connectivity index (χ1v) is 5.67. The van der Waals surface area contributed by atoms with E-state index in [-0.39, 0.29) is 11.3 Å². The van der Waals surface area contributed by atoms with Gasteiger partial charge in [-0.1, -0.05) is 20.8 Å². The average Bonchev–Trinajstić information content (AvgIpc) is 2.29. The minimum Gasteiger partial charge on any atom is -0.355 e. The van der Waals surface area contributed by atoms with Gasteiger partial charge in [0.05, 0.1) is 5.69 Å². The van der Waals surface area contributed by atoms with Crippen LogP contribution in [-0.2, 0) is 7.05 Å². The molecule has 0 spiro atoms. The summed E-state index contributed by atoms with van der Waals surface area (Å²) in [4.78, 5) is 35.6. The van der Waals surface area contributed by atoms with Crippen molar-refractivity contribution in [2.24, 2.45) is 12.5 Å². The number of ketones is 1. The van der Waals surface area contributed by atoms with E-state index < -0.39 is 16.9 Å². The van der Waals surface area contributed by atoms with Crippen molar-refractivity contribution in [3.8, 4) is 0 Å². The zero-order valence-corrected chi connectivity index (χ0v) is 11.3. The Kier molecular flexibility index (Phi) is 3.74. The second-order valence-electron chi connectivity index (χ2n) is 5.15. The molecule has 0 aliphatic rings. The average molecular weight is 250 g/mol. The molecule has 1 aromatic rings. The van der Waals surface area contributed by atoms with E-state index in [1.54, 1.807) is 20.8 Å². The summed E-state index contributed by atoms with van der Waals surface area (Å²) in [7, 11) is 2.95. The minimum atomic E-state index is -0.571. The highest BCUT2D eigenvalue weighted by molar-refractivity contribution is 5.99. The molecule has 1 heterocycles. The van der Waals surface area contributed by atoms with Crippen molar-refractivity contribution < 1.29 is 9.59 Å². The third-order valence-electron chi connectivity index (χ3n) is 2.69. The molecule has 0 aliphatic heterocycles. The first-order valence-electron chi connectivity index (χ1n) is 5.67. The molecule has 0 aromatic carbocycles. The third-order valence-corrected chi connectivity index (χ3v) is 2.69. The smallest absolute Gasteiger partial charge is 0.263 e. The highest BCUT2D eigenvalue weighted by Crippen LogP contribution is 2.19. The van der Waals surface area contributed by atoms with Gasteiger partial charge in [-0.25, -0.2) is 0 Å². The van der Waals surface area contributed by atoms with Crippen LogP contribution in [0.2, 0.25) is 0 Å². The molecule has 1 amide bonds. The second-order valence-corrected chi connectivity index (χ2v) is 5.15. The van der Waals surface area contributed by atoms with E-state index in [0.29, 0.717) is 5.69 Å². The predicted octanol–water partition coefficient (Wildman–Crippen LogP) is 0.974.